The summed E-state index contributed by atoms with van der Waals surface area (Å²) in [7, 11) is 0. The fourth-order valence-electron chi connectivity index (χ4n) is 3.37. The van der Waals surface area contributed by atoms with Crippen LogP contribution in [0.25, 0.3) is 5.52 Å². The van der Waals surface area contributed by atoms with Crippen LogP contribution in [0.15, 0.2) is 30.7 Å². The third-order valence-corrected chi connectivity index (χ3v) is 5.19. The van der Waals surface area contributed by atoms with Crippen molar-refractivity contribution in [1.82, 2.24) is 14.6 Å². The molecule has 0 aromatic carbocycles. The molecule has 3 aromatic heterocycles. The summed E-state index contributed by atoms with van der Waals surface area (Å²) in [4.78, 5) is 18.9. The van der Waals surface area contributed by atoms with E-state index in [1.165, 1.54) is 6.20 Å². The van der Waals surface area contributed by atoms with Crippen molar-refractivity contribution in [2.24, 2.45) is 0 Å². The van der Waals surface area contributed by atoms with E-state index in [1.807, 2.05) is 4.90 Å². The standard InChI is InChI=1S/C19H20Cl2N6O3/c1-11(28)17-15(9-23-27-10-12(20)6-16(17)27)25-19(29)24-13-7-14(21)18(22-8-13)26-2-4-30-5-3-26/h6-11,28H,2-5H2,1H3,(H2,24,25,29)/t11-/m0/s1. The maximum atomic E-state index is 12.5. The van der Waals surface area contributed by atoms with Crippen LogP contribution in [0.4, 0.5) is 22.0 Å². The molecule has 0 radical (unpaired) electrons. The lowest BCUT2D eigenvalue weighted by molar-refractivity contribution is 0.122. The van der Waals surface area contributed by atoms with Crippen molar-refractivity contribution in [3.8, 4) is 0 Å². The van der Waals surface area contributed by atoms with Gasteiger partial charge in [-0.15, -0.1) is 0 Å². The summed E-state index contributed by atoms with van der Waals surface area (Å²) in [5.41, 5.74) is 1.92. The van der Waals surface area contributed by atoms with Crippen molar-refractivity contribution in [2.45, 2.75) is 13.0 Å². The highest BCUT2D eigenvalue weighted by molar-refractivity contribution is 6.33. The topological polar surface area (TPSA) is 104 Å². The second kappa shape index (κ2) is 8.65. The number of nitrogens with zero attached hydrogens (tertiary/aromatic N) is 4. The van der Waals surface area contributed by atoms with Gasteiger partial charge in [0.2, 0.25) is 0 Å². The maximum Gasteiger partial charge on any atom is 0.323 e. The molecular weight excluding hydrogens is 431 g/mol. The number of aliphatic hydroxyl groups excluding tert-OH is 1. The Morgan fingerprint density at radius 2 is 2.00 bits per heavy atom. The third kappa shape index (κ3) is 4.29. The third-order valence-electron chi connectivity index (χ3n) is 4.70. The average Bonchev–Trinajstić information content (AvgIpc) is 3.08. The lowest BCUT2D eigenvalue weighted by atomic mass is 10.1. The van der Waals surface area contributed by atoms with Crippen LogP contribution < -0.4 is 15.5 Å². The molecule has 0 saturated carbocycles. The molecule has 1 fully saturated rings. The van der Waals surface area contributed by atoms with E-state index >= 15 is 0 Å². The molecule has 1 aliphatic rings. The average molecular weight is 451 g/mol. The summed E-state index contributed by atoms with van der Waals surface area (Å²) < 4.78 is 6.88. The number of urea groups is 1. The van der Waals surface area contributed by atoms with Gasteiger partial charge in [0, 0.05) is 24.8 Å². The summed E-state index contributed by atoms with van der Waals surface area (Å²) in [6, 6.07) is 2.80. The molecule has 0 bridgehead atoms. The van der Waals surface area contributed by atoms with E-state index in [0.29, 0.717) is 64.6 Å². The van der Waals surface area contributed by atoms with Crippen LogP contribution in [0.5, 0.6) is 0 Å². The van der Waals surface area contributed by atoms with E-state index in [4.69, 9.17) is 27.9 Å². The zero-order chi connectivity index (χ0) is 21.3. The predicted molar refractivity (Wildman–Crippen MR) is 116 cm³/mol. The smallest absolute Gasteiger partial charge is 0.323 e. The second-order valence-electron chi connectivity index (χ2n) is 6.84. The normalized spacial score (nSPS) is 15.3. The van der Waals surface area contributed by atoms with E-state index in [-0.39, 0.29) is 0 Å². The Hall–Kier alpha value is -2.59. The van der Waals surface area contributed by atoms with E-state index in [9.17, 15) is 9.90 Å². The highest BCUT2D eigenvalue weighted by atomic mass is 35.5. The first-order valence-corrected chi connectivity index (χ1v) is 10.1. The lowest BCUT2D eigenvalue weighted by Gasteiger charge is -2.28. The van der Waals surface area contributed by atoms with Crippen molar-refractivity contribution < 1.29 is 14.6 Å². The molecule has 3 aromatic rings. The van der Waals surface area contributed by atoms with Gasteiger partial charge in [-0.25, -0.2) is 14.3 Å². The number of morpholine rings is 1. The van der Waals surface area contributed by atoms with Gasteiger partial charge in [0.05, 0.1) is 58.6 Å². The molecule has 0 spiro atoms. The second-order valence-corrected chi connectivity index (χ2v) is 7.69. The Morgan fingerprint density at radius 1 is 1.23 bits per heavy atom. The fourth-order valence-corrected chi connectivity index (χ4v) is 3.86. The monoisotopic (exact) mass is 450 g/mol. The van der Waals surface area contributed by atoms with Crippen LogP contribution in [-0.4, -0.2) is 52.0 Å². The summed E-state index contributed by atoms with van der Waals surface area (Å²) >= 11 is 12.4. The number of halogens is 2. The molecule has 0 unspecified atom stereocenters. The van der Waals surface area contributed by atoms with Gasteiger partial charge in [0.1, 0.15) is 5.82 Å². The fraction of sp³-hybridized carbons (Fsp3) is 0.316. The number of carbonyl (C=O) groups excluding carboxylic acids is 1. The Kier molecular flexibility index (Phi) is 5.96. The van der Waals surface area contributed by atoms with E-state index < -0.39 is 12.1 Å². The Morgan fingerprint density at radius 3 is 2.70 bits per heavy atom. The van der Waals surface area contributed by atoms with Crippen molar-refractivity contribution in [1.29, 1.82) is 0 Å². The highest BCUT2D eigenvalue weighted by Crippen LogP contribution is 2.30. The number of hydrogen-bond acceptors (Lipinski definition) is 6. The first-order chi connectivity index (χ1) is 14.4. The quantitative estimate of drug-likeness (QED) is 0.561. The molecule has 1 atom stereocenters. The minimum atomic E-state index is -0.847. The largest absolute Gasteiger partial charge is 0.389 e. The van der Waals surface area contributed by atoms with Crippen molar-refractivity contribution in [3.63, 3.8) is 0 Å². The number of fused-ring (bicyclic) bond motifs is 1. The zero-order valence-electron chi connectivity index (χ0n) is 16.1. The van der Waals surface area contributed by atoms with Crippen LogP contribution in [0, 0.1) is 0 Å². The molecule has 4 heterocycles. The Labute approximate surface area is 182 Å². The molecule has 11 heteroatoms. The van der Waals surface area contributed by atoms with Gasteiger partial charge in [-0.1, -0.05) is 23.2 Å². The molecule has 3 N–H and O–H groups in total. The first kappa shape index (κ1) is 20.7. The van der Waals surface area contributed by atoms with Gasteiger partial charge in [-0.05, 0) is 19.1 Å². The summed E-state index contributed by atoms with van der Waals surface area (Å²) in [5, 5.41) is 20.7. The predicted octanol–water partition coefficient (Wildman–Crippen LogP) is 3.57. The number of pyridine rings is 1. The Bertz CT molecular complexity index is 1080. The van der Waals surface area contributed by atoms with Gasteiger partial charge in [0.25, 0.3) is 0 Å². The lowest BCUT2D eigenvalue weighted by Crippen LogP contribution is -2.37. The summed E-state index contributed by atoms with van der Waals surface area (Å²) in [5.74, 6) is 0.655. The molecule has 30 heavy (non-hydrogen) atoms. The van der Waals surface area contributed by atoms with Crippen LogP contribution >= 0.6 is 23.2 Å². The van der Waals surface area contributed by atoms with Crippen molar-refractivity contribution >= 4 is 51.9 Å². The summed E-state index contributed by atoms with van der Waals surface area (Å²) in [6.07, 6.45) is 3.77. The Balaban J connectivity index is 1.51. The minimum absolute atomic E-state index is 0.369. The van der Waals surface area contributed by atoms with Crippen LogP contribution in [0.2, 0.25) is 10.0 Å². The van der Waals surface area contributed by atoms with Gasteiger partial charge in [0.15, 0.2) is 0 Å². The van der Waals surface area contributed by atoms with Crippen molar-refractivity contribution in [3.05, 3.63) is 46.3 Å². The van der Waals surface area contributed by atoms with Crippen LogP contribution in [0.3, 0.4) is 0 Å². The summed E-state index contributed by atoms with van der Waals surface area (Å²) in [6.45, 7) is 4.27. The molecule has 1 aliphatic heterocycles. The number of ether oxygens (including phenoxy) is 1. The number of carbonyl (C=O) groups is 1. The number of anilines is 3. The SMILES string of the molecule is C[C@H](O)c1c(NC(=O)Nc2cnc(N3CCOCC3)c(Cl)c2)cnn2cc(Cl)cc12. The number of aromatic nitrogens is 3. The molecule has 4 rings (SSSR count). The van der Waals surface area contributed by atoms with E-state index in [0.717, 1.165) is 0 Å². The first-order valence-electron chi connectivity index (χ1n) is 9.33. The number of hydrogen-bond donors (Lipinski definition) is 3. The van der Waals surface area contributed by atoms with Gasteiger partial charge < -0.3 is 25.4 Å². The van der Waals surface area contributed by atoms with Crippen molar-refractivity contribution in [2.75, 3.05) is 41.8 Å². The number of amides is 2. The maximum absolute atomic E-state index is 12.5. The number of aliphatic hydroxyl groups is 1. The number of nitrogens with one attached hydrogen (secondary N) is 2. The van der Waals surface area contributed by atoms with E-state index in [1.54, 1.807) is 36.0 Å². The molecule has 1 saturated heterocycles. The van der Waals surface area contributed by atoms with Gasteiger partial charge in [-0.3, -0.25) is 0 Å². The van der Waals surface area contributed by atoms with E-state index in [2.05, 4.69) is 20.7 Å². The van der Waals surface area contributed by atoms with Gasteiger partial charge in [-0.2, -0.15) is 5.10 Å². The van der Waals surface area contributed by atoms with Crippen LogP contribution in [0.1, 0.15) is 18.6 Å². The van der Waals surface area contributed by atoms with Gasteiger partial charge >= 0.3 is 6.03 Å². The molecule has 0 aliphatic carbocycles. The minimum Gasteiger partial charge on any atom is -0.389 e. The molecular formula is C19H20Cl2N6O3. The molecule has 9 nitrogen and oxygen atoms in total. The number of rotatable bonds is 4. The molecule has 2 amide bonds. The highest BCUT2D eigenvalue weighted by Gasteiger charge is 2.18. The van der Waals surface area contributed by atoms with Crippen LogP contribution in [-0.2, 0) is 4.74 Å². The molecule has 158 valence electrons. The zero-order valence-corrected chi connectivity index (χ0v) is 17.6.